The molecule has 1 fully saturated rings. The van der Waals surface area contributed by atoms with Crippen LogP contribution in [0.15, 0.2) is 4.52 Å². The summed E-state index contributed by atoms with van der Waals surface area (Å²) in [6, 6.07) is 0. The fraction of sp³-hybridized carbons (Fsp3) is 0.818. The van der Waals surface area contributed by atoms with E-state index in [0.29, 0.717) is 17.7 Å². The van der Waals surface area contributed by atoms with Crippen LogP contribution >= 0.6 is 11.8 Å². The fourth-order valence-electron chi connectivity index (χ4n) is 1.81. The number of thioether (sulfide) groups is 1. The lowest BCUT2D eigenvalue weighted by molar-refractivity contribution is 0.354. The fourth-order valence-corrected chi connectivity index (χ4v) is 3.04. The second-order valence-corrected chi connectivity index (χ2v) is 5.76. The molecule has 0 saturated carbocycles. The van der Waals surface area contributed by atoms with Gasteiger partial charge in [0.1, 0.15) is 0 Å². The van der Waals surface area contributed by atoms with Crippen molar-refractivity contribution < 1.29 is 4.52 Å². The molecule has 4 nitrogen and oxygen atoms in total. The van der Waals surface area contributed by atoms with E-state index in [9.17, 15) is 0 Å². The van der Waals surface area contributed by atoms with E-state index in [1.165, 1.54) is 25.0 Å². The predicted molar refractivity (Wildman–Crippen MR) is 65.3 cm³/mol. The van der Waals surface area contributed by atoms with E-state index in [1.54, 1.807) is 0 Å². The van der Waals surface area contributed by atoms with Gasteiger partial charge < -0.3 is 10.3 Å². The van der Waals surface area contributed by atoms with E-state index in [4.69, 9.17) is 10.3 Å². The molecule has 0 amide bonds. The molecule has 1 aliphatic heterocycles. The SMILES string of the molecule is CC(CN)Cc1nc(C2CCCCS2)no1. The third-order valence-electron chi connectivity index (χ3n) is 2.88. The maximum atomic E-state index is 5.58. The van der Waals surface area contributed by atoms with E-state index in [0.717, 1.165) is 18.1 Å². The van der Waals surface area contributed by atoms with Crippen molar-refractivity contribution in [2.75, 3.05) is 12.3 Å². The van der Waals surface area contributed by atoms with Gasteiger partial charge in [0.2, 0.25) is 5.89 Å². The van der Waals surface area contributed by atoms with Gasteiger partial charge in [-0.25, -0.2) is 0 Å². The predicted octanol–water partition coefficient (Wildman–Crippen LogP) is 2.17. The van der Waals surface area contributed by atoms with Gasteiger partial charge in [-0.15, -0.1) is 0 Å². The van der Waals surface area contributed by atoms with E-state index < -0.39 is 0 Å². The van der Waals surface area contributed by atoms with Crippen LogP contribution in [0.1, 0.15) is 43.2 Å². The van der Waals surface area contributed by atoms with Gasteiger partial charge in [-0.3, -0.25) is 0 Å². The molecule has 0 radical (unpaired) electrons. The number of nitrogens with zero attached hydrogens (tertiary/aromatic N) is 2. The molecule has 0 aromatic carbocycles. The second-order valence-electron chi connectivity index (χ2n) is 4.45. The molecule has 1 aromatic rings. The van der Waals surface area contributed by atoms with Crippen LogP contribution in [0, 0.1) is 5.92 Å². The summed E-state index contributed by atoms with van der Waals surface area (Å²) >= 11 is 1.94. The van der Waals surface area contributed by atoms with Gasteiger partial charge in [0.15, 0.2) is 5.82 Å². The van der Waals surface area contributed by atoms with Crippen molar-refractivity contribution in [3.63, 3.8) is 0 Å². The van der Waals surface area contributed by atoms with E-state index in [-0.39, 0.29) is 0 Å². The maximum absolute atomic E-state index is 5.58. The largest absolute Gasteiger partial charge is 0.339 e. The van der Waals surface area contributed by atoms with Crippen molar-refractivity contribution in [1.82, 2.24) is 10.1 Å². The third-order valence-corrected chi connectivity index (χ3v) is 4.25. The molecule has 2 rings (SSSR count). The summed E-state index contributed by atoms with van der Waals surface area (Å²) in [5.74, 6) is 3.24. The first-order valence-electron chi connectivity index (χ1n) is 5.93. The van der Waals surface area contributed by atoms with Gasteiger partial charge in [-0.05, 0) is 31.1 Å². The Morgan fingerprint density at radius 2 is 2.44 bits per heavy atom. The Bertz CT molecular complexity index is 323. The lowest BCUT2D eigenvalue weighted by Gasteiger charge is -2.17. The van der Waals surface area contributed by atoms with Crippen LogP contribution in [0.2, 0.25) is 0 Å². The van der Waals surface area contributed by atoms with Crippen molar-refractivity contribution in [3.8, 4) is 0 Å². The highest BCUT2D eigenvalue weighted by Gasteiger charge is 2.21. The minimum Gasteiger partial charge on any atom is -0.339 e. The minimum atomic E-state index is 0.410. The minimum absolute atomic E-state index is 0.410. The van der Waals surface area contributed by atoms with Crippen LogP contribution < -0.4 is 5.73 Å². The molecule has 90 valence electrons. The molecule has 1 saturated heterocycles. The first-order chi connectivity index (χ1) is 7.79. The molecule has 0 bridgehead atoms. The standard InChI is InChI=1S/C11H19N3OS/c1-8(7-12)6-10-13-11(14-15-10)9-4-2-3-5-16-9/h8-9H,2-7,12H2,1H3. The lowest BCUT2D eigenvalue weighted by atomic mass is 10.1. The van der Waals surface area contributed by atoms with Crippen LogP contribution in [-0.4, -0.2) is 22.4 Å². The van der Waals surface area contributed by atoms with Crippen LogP contribution in [0.4, 0.5) is 0 Å². The van der Waals surface area contributed by atoms with Crippen molar-refractivity contribution in [1.29, 1.82) is 0 Å². The number of rotatable bonds is 4. The quantitative estimate of drug-likeness (QED) is 0.875. The summed E-state index contributed by atoms with van der Waals surface area (Å²) in [5.41, 5.74) is 5.58. The maximum Gasteiger partial charge on any atom is 0.226 e. The Labute approximate surface area is 100 Å². The zero-order valence-electron chi connectivity index (χ0n) is 9.69. The number of nitrogens with two attached hydrogens (primary N) is 1. The molecule has 0 spiro atoms. The summed E-state index contributed by atoms with van der Waals surface area (Å²) < 4.78 is 5.26. The molecule has 0 aliphatic carbocycles. The molecule has 1 aliphatic rings. The van der Waals surface area contributed by atoms with E-state index in [2.05, 4.69) is 17.1 Å². The Hall–Kier alpha value is -0.550. The topological polar surface area (TPSA) is 64.9 Å². The number of hydrogen-bond acceptors (Lipinski definition) is 5. The highest BCUT2D eigenvalue weighted by molar-refractivity contribution is 7.99. The molecule has 1 aromatic heterocycles. The average molecular weight is 241 g/mol. The highest BCUT2D eigenvalue weighted by atomic mass is 32.2. The van der Waals surface area contributed by atoms with E-state index in [1.807, 2.05) is 11.8 Å². The van der Waals surface area contributed by atoms with Gasteiger partial charge in [-0.1, -0.05) is 18.5 Å². The van der Waals surface area contributed by atoms with Gasteiger partial charge >= 0.3 is 0 Å². The van der Waals surface area contributed by atoms with Crippen LogP contribution in [0.3, 0.4) is 0 Å². The summed E-state index contributed by atoms with van der Waals surface area (Å²) in [7, 11) is 0. The van der Waals surface area contributed by atoms with Crippen molar-refractivity contribution >= 4 is 11.8 Å². The van der Waals surface area contributed by atoms with Crippen molar-refractivity contribution in [2.24, 2.45) is 11.7 Å². The summed E-state index contributed by atoms with van der Waals surface area (Å²) in [4.78, 5) is 4.47. The first kappa shape index (κ1) is 11.9. The molecule has 2 N–H and O–H groups in total. The molecule has 5 heteroatoms. The monoisotopic (exact) mass is 241 g/mol. The normalized spacial score (nSPS) is 23.2. The molecule has 2 atom stereocenters. The molecule has 2 unspecified atom stereocenters. The molecule has 16 heavy (non-hydrogen) atoms. The Morgan fingerprint density at radius 3 is 3.12 bits per heavy atom. The average Bonchev–Trinajstić information content (AvgIpc) is 2.78. The number of aromatic nitrogens is 2. The molecule has 2 heterocycles. The molecular weight excluding hydrogens is 222 g/mol. The molecular formula is C11H19N3OS. The summed E-state index contributed by atoms with van der Waals surface area (Å²) in [5, 5.41) is 4.52. The smallest absolute Gasteiger partial charge is 0.226 e. The van der Waals surface area contributed by atoms with Gasteiger partial charge in [0, 0.05) is 6.42 Å². The van der Waals surface area contributed by atoms with Gasteiger partial charge in [-0.2, -0.15) is 16.7 Å². The van der Waals surface area contributed by atoms with Crippen LogP contribution in [0.5, 0.6) is 0 Å². The first-order valence-corrected chi connectivity index (χ1v) is 6.98. The third kappa shape index (κ3) is 2.98. The van der Waals surface area contributed by atoms with Crippen molar-refractivity contribution in [3.05, 3.63) is 11.7 Å². The Balaban J connectivity index is 1.95. The second kappa shape index (κ2) is 5.68. The zero-order chi connectivity index (χ0) is 11.4. The van der Waals surface area contributed by atoms with Crippen LogP contribution in [-0.2, 0) is 6.42 Å². The number of hydrogen-bond donors (Lipinski definition) is 1. The van der Waals surface area contributed by atoms with Crippen molar-refractivity contribution in [2.45, 2.75) is 37.9 Å². The summed E-state index contributed by atoms with van der Waals surface area (Å²) in [6.45, 7) is 2.76. The van der Waals surface area contributed by atoms with Gasteiger partial charge in [0.25, 0.3) is 0 Å². The Morgan fingerprint density at radius 1 is 1.56 bits per heavy atom. The lowest BCUT2D eigenvalue weighted by Crippen LogP contribution is -2.13. The van der Waals surface area contributed by atoms with Crippen LogP contribution in [0.25, 0.3) is 0 Å². The Kier molecular flexibility index (Phi) is 4.23. The van der Waals surface area contributed by atoms with Gasteiger partial charge in [0.05, 0.1) is 5.25 Å². The highest BCUT2D eigenvalue weighted by Crippen LogP contribution is 2.36. The zero-order valence-corrected chi connectivity index (χ0v) is 10.5. The summed E-state index contributed by atoms with van der Waals surface area (Å²) in [6.07, 6.45) is 4.56. The van der Waals surface area contributed by atoms with E-state index >= 15 is 0 Å².